The van der Waals surface area contributed by atoms with Crippen LogP contribution in [0.15, 0.2) is 30.3 Å². The van der Waals surface area contributed by atoms with E-state index in [1.54, 1.807) is 0 Å². The van der Waals surface area contributed by atoms with Gasteiger partial charge in [0.25, 0.3) is 0 Å². The standard InChI is InChI=1S/C14H19N2O.CH4/c17-14(13-4-2-1-3-5-13)12-16-9-6-15(7-10-16)8-11-16;/h1-5H,6-12H2;1H4/q+1;. The van der Waals surface area contributed by atoms with Crippen molar-refractivity contribution in [2.75, 3.05) is 45.8 Å². The second-order valence-corrected chi connectivity index (χ2v) is 5.30. The molecule has 0 atom stereocenters. The van der Waals surface area contributed by atoms with Gasteiger partial charge in [0.15, 0.2) is 0 Å². The first-order chi connectivity index (χ1) is 8.27. The summed E-state index contributed by atoms with van der Waals surface area (Å²) in [4.78, 5) is 14.8. The van der Waals surface area contributed by atoms with Crippen molar-refractivity contribution in [2.45, 2.75) is 7.43 Å². The smallest absolute Gasteiger partial charge is 0.216 e. The first-order valence-electron chi connectivity index (χ1n) is 6.43. The lowest BCUT2D eigenvalue weighted by atomic mass is 10.1. The third-order valence-corrected chi connectivity index (χ3v) is 4.25. The van der Waals surface area contributed by atoms with Crippen LogP contribution in [0.1, 0.15) is 17.8 Å². The lowest BCUT2D eigenvalue weighted by Gasteiger charge is -2.50. The van der Waals surface area contributed by atoms with Gasteiger partial charge in [-0.15, -0.1) is 0 Å². The fourth-order valence-electron chi connectivity index (χ4n) is 2.99. The van der Waals surface area contributed by atoms with Gasteiger partial charge in [-0.05, 0) is 0 Å². The number of benzene rings is 1. The lowest BCUT2D eigenvalue weighted by molar-refractivity contribution is -0.933. The van der Waals surface area contributed by atoms with Gasteiger partial charge in [0.05, 0.1) is 19.6 Å². The molecule has 0 N–H and O–H groups in total. The van der Waals surface area contributed by atoms with Crippen LogP contribution < -0.4 is 0 Å². The molecule has 4 rings (SSSR count). The molecular weight excluding hydrogens is 224 g/mol. The highest BCUT2D eigenvalue weighted by atomic mass is 16.1. The van der Waals surface area contributed by atoms with E-state index in [4.69, 9.17) is 0 Å². The van der Waals surface area contributed by atoms with Gasteiger partial charge in [-0.1, -0.05) is 37.8 Å². The molecule has 3 fully saturated rings. The minimum absolute atomic E-state index is 0. The van der Waals surface area contributed by atoms with Crippen LogP contribution in [0.25, 0.3) is 0 Å². The first-order valence-corrected chi connectivity index (χ1v) is 6.43. The number of quaternary nitrogens is 1. The van der Waals surface area contributed by atoms with E-state index in [1.807, 2.05) is 30.3 Å². The Balaban J connectivity index is 0.00000120. The molecular formula is C15H23N2O+. The van der Waals surface area contributed by atoms with Crippen LogP contribution in [0.2, 0.25) is 0 Å². The Morgan fingerprint density at radius 1 is 1.06 bits per heavy atom. The molecule has 0 spiro atoms. The van der Waals surface area contributed by atoms with Crippen molar-refractivity contribution in [3.05, 3.63) is 35.9 Å². The van der Waals surface area contributed by atoms with Gasteiger partial charge in [-0.25, -0.2) is 0 Å². The summed E-state index contributed by atoms with van der Waals surface area (Å²) in [6.07, 6.45) is 0. The Bertz CT molecular complexity index is 394. The van der Waals surface area contributed by atoms with Crippen LogP contribution in [0.5, 0.6) is 0 Å². The minimum Gasteiger partial charge on any atom is -0.314 e. The average molecular weight is 247 g/mol. The number of fused-ring (bicyclic) bond motifs is 3. The van der Waals surface area contributed by atoms with Crippen molar-refractivity contribution in [3.63, 3.8) is 0 Å². The highest BCUT2D eigenvalue weighted by molar-refractivity contribution is 5.96. The lowest BCUT2D eigenvalue weighted by Crippen LogP contribution is -2.68. The number of carbonyl (C=O) groups is 1. The summed E-state index contributed by atoms with van der Waals surface area (Å²) in [7, 11) is 0. The topological polar surface area (TPSA) is 20.3 Å². The van der Waals surface area contributed by atoms with E-state index in [1.165, 1.54) is 19.6 Å². The zero-order chi connectivity index (χ0) is 11.7. The quantitative estimate of drug-likeness (QED) is 0.598. The number of carbonyl (C=O) groups excluding carboxylic acids is 1. The van der Waals surface area contributed by atoms with Gasteiger partial charge >= 0.3 is 0 Å². The van der Waals surface area contributed by atoms with E-state index in [9.17, 15) is 4.79 Å². The molecule has 3 saturated heterocycles. The molecule has 2 bridgehead atoms. The Morgan fingerprint density at radius 2 is 1.61 bits per heavy atom. The van der Waals surface area contributed by atoms with E-state index in [0.29, 0.717) is 12.3 Å². The second kappa shape index (κ2) is 5.21. The number of nitrogens with zero attached hydrogens (tertiary/aromatic N) is 2. The van der Waals surface area contributed by atoms with Crippen molar-refractivity contribution in [1.29, 1.82) is 0 Å². The molecule has 18 heavy (non-hydrogen) atoms. The number of hydrogen-bond acceptors (Lipinski definition) is 2. The second-order valence-electron chi connectivity index (χ2n) is 5.30. The van der Waals surface area contributed by atoms with Crippen molar-refractivity contribution in [3.8, 4) is 0 Å². The van der Waals surface area contributed by atoms with Gasteiger partial charge < -0.3 is 4.48 Å². The summed E-state index contributed by atoms with van der Waals surface area (Å²) in [5.74, 6) is 0.306. The van der Waals surface area contributed by atoms with Crippen LogP contribution in [-0.4, -0.2) is 61.0 Å². The molecule has 3 nitrogen and oxygen atoms in total. The van der Waals surface area contributed by atoms with E-state index in [2.05, 4.69) is 4.90 Å². The zero-order valence-corrected chi connectivity index (χ0v) is 10.1. The largest absolute Gasteiger partial charge is 0.314 e. The molecule has 0 unspecified atom stereocenters. The van der Waals surface area contributed by atoms with E-state index in [-0.39, 0.29) is 7.43 Å². The van der Waals surface area contributed by atoms with Gasteiger partial charge in [0.1, 0.15) is 6.54 Å². The molecule has 3 aliphatic rings. The van der Waals surface area contributed by atoms with Crippen molar-refractivity contribution in [2.24, 2.45) is 0 Å². The van der Waals surface area contributed by atoms with Crippen LogP contribution in [-0.2, 0) is 0 Å². The van der Waals surface area contributed by atoms with Crippen LogP contribution in [0.3, 0.4) is 0 Å². The van der Waals surface area contributed by atoms with Gasteiger partial charge in [-0.3, -0.25) is 9.69 Å². The van der Waals surface area contributed by atoms with E-state index in [0.717, 1.165) is 29.7 Å². The molecule has 1 aromatic carbocycles. The van der Waals surface area contributed by atoms with Gasteiger partial charge in [0, 0.05) is 25.2 Å². The maximum atomic E-state index is 12.3. The summed E-state index contributed by atoms with van der Waals surface area (Å²) >= 11 is 0. The number of ketones is 1. The third kappa shape index (κ3) is 2.47. The molecule has 0 aromatic heterocycles. The molecule has 0 saturated carbocycles. The van der Waals surface area contributed by atoms with Crippen LogP contribution >= 0.6 is 0 Å². The Morgan fingerprint density at radius 3 is 2.17 bits per heavy atom. The van der Waals surface area contributed by atoms with Gasteiger partial charge in [0.2, 0.25) is 5.78 Å². The minimum atomic E-state index is 0. The number of rotatable bonds is 3. The van der Waals surface area contributed by atoms with Crippen molar-refractivity contribution in [1.82, 2.24) is 4.90 Å². The maximum absolute atomic E-state index is 12.3. The fourth-order valence-corrected chi connectivity index (χ4v) is 2.99. The normalized spacial score (nSPS) is 29.7. The molecule has 3 aliphatic heterocycles. The molecule has 0 amide bonds. The highest BCUT2D eigenvalue weighted by Gasteiger charge is 2.39. The Hall–Kier alpha value is -1.19. The summed E-state index contributed by atoms with van der Waals surface area (Å²) in [5, 5.41) is 0. The molecule has 0 aliphatic carbocycles. The monoisotopic (exact) mass is 247 g/mol. The summed E-state index contributed by atoms with van der Waals surface area (Å²) in [5.41, 5.74) is 0.869. The van der Waals surface area contributed by atoms with E-state index >= 15 is 0 Å². The van der Waals surface area contributed by atoms with Crippen LogP contribution in [0, 0.1) is 0 Å². The van der Waals surface area contributed by atoms with E-state index < -0.39 is 0 Å². The summed E-state index contributed by atoms with van der Waals surface area (Å²) in [6.45, 7) is 7.65. The zero-order valence-electron chi connectivity index (χ0n) is 10.1. The number of Topliss-reactive ketones (excluding diaryl/α,β-unsaturated/α-hetero) is 1. The van der Waals surface area contributed by atoms with Crippen molar-refractivity contribution >= 4 is 5.78 Å². The Labute approximate surface area is 110 Å². The average Bonchev–Trinajstić information content (AvgIpc) is 2.41. The number of hydrogen-bond donors (Lipinski definition) is 0. The number of piperazine rings is 3. The predicted octanol–water partition coefficient (Wildman–Crippen LogP) is 1.65. The molecule has 3 heterocycles. The first kappa shape index (κ1) is 13.2. The summed E-state index contributed by atoms with van der Waals surface area (Å²) in [6, 6.07) is 9.72. The highest BCUT2D eigenvalue weighted by Crippen LogP contribution is 2.20. The molecule has 0 radical (unpaired) electrons. The van der Waals surface area contributed by atoms with Crippen LogP contribution in [0.4, 0.5) is 0 Å². The third-order valence-electron chi connectivity index (χ3n) is 4.25. The predicted molar refractivity (Wildman–Crippen MR) is 73.7 cm³/mol. The fraction of sp³-hybridized carbons (Fsp3) is 0.533. The van der Waals surface area contributed by atoms with Crippen molar-refractivity contribution < 1.29 is 9.28 Å². The maximum Gasteiger partial charge on any atom is 0.216 e. The molecule has 1 aromatic rings. The summed E-state index contributed by atoms with van der Waals surface area (Å²) < 4.78 is 1.02. The molecule has 3 heteroatoms. The van der Waals surface area contributed by atoms with Gasteiger partial charge in [-0.2, -0.15) is 0 Å². The SMILES string of the molecule is C.O=C(C[N+]12CCN(CC1)CC2)c1ccccc1. The Kier molecular flexibility index (Phi) is 3.83. The molecule has 98 valence electrons.